The molecule has 0 aromatic rings. The molecule has 0 aliphatic carbocycles. The second-order valence-corrected chi connectivity index (χ2v) is 3.60. The molecule has 0 saturated carbocycles. The number of allylic oxidation sites excluding steroid dienone is 4. The summed E-state index contributed by atoms with van der Waals surface area (Å²) in [6, 6.07) is 1.81. The van der Waals surface area contributed by atoms with E-state index in [-0.39, 0.29) is 12.2 Å². The third-order valence-electron chi connectivity index (χ3n) is 1.76. The van der Waals surface area contributed by atoms with Crippen molar-refractivity contribution in [1.29, 1.82) is 5.26 Å². The standard InChI is InChI=1S/C13H18N2O2/c1-5-17-13(16)12(10-14)7-6-11(2)8-9-15(3)4/h6-9H,5H2,1-4H3. The number of hydrogen-bond donors (Lipinski definition) is 0. The van der Waals surface area contributed by atoms with Gasteiger partial charge in [0.2, 0.25) is 0 Å². The van der Waals surface area contributed by atoms with E-state index in [2.05, 4.69) is 0 Å². The molecule has 0 aromatic carbocycles. The highest BCUT2D eigenvalue weighted by atomic mass is 16.5. The van der Waals surface area contributed by atoms with Crippen molar-refractivity contribution < 1.29 is 9.53 Å². The van der Waals surface area contributed by atoms with Crippen molar-refractivity contribution in [1.82, 2.24) is 4.90 Å². The molecule has 17 heavy (non-hydrogen) atoms. The van der Waals surface area contributed by atoms with E-state index in [4.69, 9.17) is 10.00 Å². The van der Waals surface area contributed by atoms with E-state index in [1.165, 1.54) is 6.08 Å². The maximum atomic E-state index is 11.3. The van der Waals surface area contributed by atoms with Gasteiger partial charge in [0, 0.05) is 14.1 Å². The van der Waals surface area contributed by atoms with Gasteiger partial charge in [0.05, 0.1) is 6.61 Å². The van der Waals surface area contributed by atoms with Crippen LogP contribution in [0.1, 0.15) is 13.8 Å². The van der Waals surface area contributed by atoms with Crippen molar-refractivity contribution in [3.63, 3.8) is 0 Å². The number of ether oxygens (including phenoxy) is 1. The Bertz CT molecular complexity index is 385. The Hall–Kier alpha value is -2.02. The van der Waals surface area contributed by atoms with Gasteiger partial charge in [-0.2, -0.15) is 5.26 Å². The maximum Gasteiger partial charge on any atom is 0.348 e. The van der Waals surface area contributed by atoms with Crippen molar-refractivity contribution in [2.45, 2.75) is 13.8 Å². The summed E-state index contributed by atoms with van der Waals surface area (Å²) in [5.74, 6) is -0.587. The van der Waals surface area contributed by atoms with Gasteiger partial charge in [-0.25, -0.2) is 4.79 Å². The van der Waals surface area contributed by atoms with E-state index in [9.17, 15) is 4.79 Å². The van der Waals surface area contributed by atoms with Gasteiger partial charge in [-0.15, -0.1) is 0 Å². The van der Waals surface area contributed by atoms with Gasteiger partial charge in [-0.05, 0) is 37.8 Å². The van der Waals surface area contributed by atoms with Gasteiger partial charge in [0.25, 0.3) is 0 Å². The van der Waals surface area contributed by atoms with Gasteiger partial charge < -0.3 is 9.64 Å². The lowest BCUT2D eigenvalue weighted by molar-refractivity contribution is -0.138. The van der Waals surface area contributed by atoms with Gasteiger partial charge >= 0.3 is 5.97 Å². The number of nitrogens with zero attached hydrogens (tertiary/aromatic N) is 2. The fourth-order valence-electron chi connectivity index (χ4n) is 0.897. The molecular formula is C13H18N2O2. The van der Waals surface area contributed by atoms with E-state index >= 15 is 0 Å². The molecule has 0 aromatic heterocycles. The van der Waals surface area contributed by atoms with E-state index in [1.54, 1.807) is 13.0 Å². The Morgan fingerprint density at radius 3 is 2.53 bits per heavy atom. The molecule has 0 unspecified atom stereocenters. The molecular weight excluding hydrogens is 216 g/mol. The van der Waals surface area contributed by atoms with Crippen LogP contribution in [0.25, 0.3) is 0 Å². The number of carbonyl (C=O) groups excluding carboxylic acids is 1. The maximum absolute atomic E-state index is 11.3. The first-order valence-corrected chi connectivity index (χ1v) is 5.31. The second-order valence-electron chi connectivity index (χ2n) is 3.60. The minimum Gasteiger partial charge on any atom is -0.462 e. The molecule has 0 heterocycles. The highest BCUT2D eigenvalue weighted by Crippen LogP contribution is 2.01. The van der Waals surface area contributed by atoms with Crippen LogP contribution in [-0.2, 0) is 9.53 Å². The van der Waals surface area contributed by atoms with Crippen LogP contribution in [0.5, 0.6) is 0 Å². The molecule has 0 radical (unpaired) electrons. The lowest BCUT2D eigenvalue weighted by Gasteiger charge is -2.02. The summed E-state index contributed by atoms with van der Waals surface area (Å²) in [5.41, 5.74) is 0.945. The minimum atomic E-state index is -0.587. The zero-order valence-corrected chi connectivity index (χ0v) is 10.7. The molecule has 0 bridgehead atoms. The first kappa shape index (κ1) is 15.0. The summed E-state index contributed by atoms with van der Waals surface area (Å²) >= 11 is 0. The Balaban J connectivity index is 4.71. The molecule has 0 rings (SSSR count). The van der Waals surface area contributed by atoms with E-state index in [0.29, 0.717) is 0 Å². The number of rotatable bonds is 5. The summed E-state index contributed by atoms with van der Waals surface area (Å²) in [6.45, 7) is 3.85. The van der Waals surface area contributed by atoms with E-state index in [0.717, 1.165) is 5.57 Å². The van der Waals surface area contributed by atoms with Crippen LogP contribution < -0.4 is 0 Å². The molecule has 0 spiro atoms. The van der Waals surface area contributed by atoms with Crippen LogP contribution in [0.2, 0.25) is 0 Å². The predicted octanol–water partition coefficient (Wildman–Crippen LogP) is 2.02. The highest BCUT2D eigenvalue weighted by Gasteiger charge is 2.07. The Labute approximate surface area is 102 Å². The third-order valence-corrected chi connectivity index (χ3v) is 1.76. The van der Waals surface area contributed by atoms with E-state index in [1.807, 2.05) is 44.3 Å². The van der Waals surface area contributed by atoms with Gasteiger partial charge in [0.15, 0.2) is 0 Å². The van der Waals surface area contributed by atoms with Crippen LogP contribution in [0, 0.1) is 11.3 Å². The number of carbonyl (C=O) groups is 1. The SMILES string of the molecule is CCOC(=O)C(C#N)=CC=C(C)C=CN(C)C. The molecule has 0 saturated heterocycles. The zero-order valence-electron chi connectivity index (χ0n) is 10.7. The normalized spacial score (nSPS) is 12.4. The molecule has 0 amide bonds. The van der Waals surface area contributed by atoms with Crippen molar-refractivity contribution in [2.24, 2.45) is 0 Å². The molecule has 4 heteroatoms. The fraction of sp³-hybridized carbons (Fsp3) is 0.385. The van der Waals surface area contributed by atoms with Crippen molar-refractivity contribution >= 4 is 5.97 Å². The van der Waals surface area contributed by atoms with Crippen molar-refractivity contribution in [2.75, 3.05) is 20.7 Å². The summed E-state index contributed by atoms with van der Waals surface area (Å²) in [6.07, 6.45) is 6.94. The Morgan fingerprint density at radius 1 is 1.41 bits per heavy atom. The molecule has 0 atom stereocenters. The van der Waals surface area contributed by atoms with E-state index < -0.39 is 5.97 Å². The number of nitriles is 1. The largest absolute Gasteiger partial charge is 0.462 e. The zero-order chi connectivity index (χ0) is 13.3. The van der Waals surface area contributed by atoms with Crippen molar-refractivity contribution in [3.05, 3.63) is 35.6 Å². The summed E-state index contributed by atoms with van der Waals surface area (Å²) in [4.78, 5) is 13.2. The molecule has 0 aliphatic heterocycles. The van der Waals surface area contributed by atoms with Crippen molar-refractivity contribution in [3.8, 4) is 6.07 Å². The smallest absolute Gasteiger partial charge is 0.348 e. The van der Waals surface area contributed by atoms with Crippen LogP contribution >= 0.6 is 0 Å². The lowest BCUT2D eigenvalue weighted by Crippen LogP contribution is -2.05. The first-order valence-electron chi connectivity index (χ1n) is 5.31. The van der Waals surface area contributed by atoms with Gasteiger partial charge in [-0.1, -0.05) is 6.08 Å². The Morgan fingerprint density at radius 2 is 2.06 bits per heavy atom. The number of esters is 1. The topological polar surface area (TPSA) is 53.3 Å². The van der Waals surface area contributed by atoms with Crippen LogP contribution in [-0.4, -0.2) is 31.6 Å². The highest BCUT2D eigenvalue weighted by molar-refractivity contribution is 5.93. The van der Waals surface area contributed by atoms with Gasteiger partial charge in [0.1, 0.15) is 11.6 Å². The van der Waals surface area contributed by atoms with Crippen LogP contribution in [0.15, 0.2) is 35.6 Å². The average Bonchev–Trinajstić information content (AvgIpc) is 2.27. The lowest BCUT2D eigenvalue weighted by atomic mass is 10.2. The summed E-state index contributed by atoms with van der Waals surface area (Å²) in [7, 11) is 3.83. The quantitative estimate of drug-likeness (QED) is 0.316. The molecule has 0 N–H and O–H groups in total. The molecule has 92 valence electrons. The monoisotopic (exact) mass is 234 g/mol. The molecule has 0 fully saturated rings. The third kappa shape index (κ3) is 6.96. The van der Waals surface area contributed by atoms with Gasteiger partial charge in [-0.3, -0.25) is 0 Å². The summed E-state index contributed by atoms with van der Waals surface area (Å²) in [5, 5.41) is 8.78. The predicted molar refractivity (Wildman–Crippen MR) is 66.9 cm³/mol. The van der Waals surface area contributed by atoms with Crippen LogP contribution in [0.4, 0.5) is 0 Å². The number of hydrogen-bond acceptors (Lipinski definition) is 4. The minimum absolute atomic E-state index is 0.00412. The Kier molecular flexibility index (Phi) is 7.20. The molecule has 4 nitrogen and oxygen atoms in total. The summed E-state index contributed by atoms with van der Waals surface area (Å²) < 4.78 is 4.74. The first-order chi connectivity index (χ1) is 8.01. The van der Waals surface area contributed by atoms with Crippen LogP contribution in [0.3, 0.4) is 0 Å². The fourth-order valence-corrected chi connectivity index (χ4v) is 0.897. The molecule has 0 aliphatic rings. The second kappa shape index (κ2) is 8.17. The average molecular weight is 234 g/mol.